The first-order valence-corrected chi connectivity index (χ1v) is 7.10. The molecule has 1 aromatic carbocycles. The number of amides is 1. The number of aliphatic carboxylic acids is 1. The minimum atomic E-state index is -0.866. The highest BCUT2D eigenvalue weighted by Gasteiger charge is 2.31. The van der Waals surface area contributed by atoms with Crippen LogP contribution < -0.4 is 10.1 Å². The van der Waals surface area contributed by atoms with Crippen molar-refractivity contribution in [2.24, 2.45) is 0 Å². The first kappa shape index (κ1) is 15.3. The monoisotopic (exact) mass is 292 g/mol. The van der Waals surface area contributed by atoms with Crippen molar-refractivity contribution >= 4 is 17.6 Å². The number of carbonyl (C=O) groups excluding carboxylic acids is 1. The van der Waals surface area contributed by atoms with Gasteiger partial charge in [0.15, 0.2) is 0 Å². The standard InChI is InChI=1S/C15H20N2O4/c1-2-21-13-8-4-3-6-11(13)16-14(18)10-17-9-5-7-12(17)15(19)20/h3-4,6,8,12H,2,5,7,9-10H2,1H3,(H,16,18)(H,19,20)/t12-/m0/s1. The number of carbonyl (C=O) groups is 2. The Hall–Kier alpha value is -2.08. The molecule has 114 valence electrons. The van der Waals surface area contributed by atoms with E-state index in [9.17, 15) is 9.59 Å². The van der Waals surface area contributed by atoms with Gasteiger partial charge in [0, 0.05) is 0 Å². The predicted molar refractivity (Wildman–Crippen MR) is 78.5 cm³/mol. The number of nitrogens with one attached hydrogen (secondary N) is 1. The van der Waals surface area contributed by atoms with E-state index in [1.54, 1.807) is 17.0 Å². The molecule has 6 heteroatoms. The minimum Gasteiger partial charge on any atom is -0.492 e. The van der Waals surface area contributed by atoms with Crippen molar-refractivity contribution in [2.45, 2.75) is 25.8 Å². The average molecular weight is 292 g/mol. The molecule has 6 nitrogen and oxygen atoms in total. The summed E-state index contributed by atoms with van der Waals surface area (Å²) in [5, 5.41) is 11.9. The number of anilines is 1. The zero-order chi connectivity index (χ0) is 15.2. The molecular weight excluding hydrogens is 272 g/mol. The Balaban J connectivity index is 1.97. The van der Waals surface area contributed by atoms with E-state index in [-0.39, 0.29) is 12.5 Å². The molecule has 1 aromatic rings. The molecular formula is C15H20N2O4. The third-order valence-corrected chi connectivity index (χ3v) is 3.46. The van der Waals surface area contributed by atoms with Gasteiger partial charge < -0.3 is 15.2 Å². The molecule has 1 aliphatic heterocycles. The first-order valence-electron chi connectivity index (χ1n) is 7.10. The number of hydrogen-bond donors (Lipinski definition) is 2. The van der Waals surface area contributed by atoms with E-state index < -0.39 is 12.0 Å². The summed E-state index contributed by atoms with van der Waals surface area (Å²) in [7, 11) is 0. The number of nitrogens with zero attached hydrogens (tertiary/aromatic N) is 1. The fraction of sp³-hybridized carbons (Fsp3) is 0.467. The predicted octanol–water partition coefficient (Wildman–Crippen LogP) is 1.57. The first-order chi connectivity index (χ1) is 10.1. The molecule has 1 heterocycles. The number of carboxylic acids is 1. The Bertz CT molecular complexity index is 518. The maximum absolute atomic E-state index is 12.1. The van der Waals surface area contributed by atoms with Crippen LogP contribution in [0.25, 0.3) is 0 Å². The number of hydrogen-bond acceptors (Lipinski definition) is 4. The van der Waals surface area contributed by atoms with Crippen LogP contribution in [0.4, 0.5) is 5.69 Å². The molecule has 0 unspecified atom stereocenters. The Morgan fingerprint density at radius 3 is 2.90 bits per heavy atom. The molecule has 1 aliphatic rings. The Labute approximate surface area is 123 Å². The fourth-order valence-electron chi connectivity index (χ4n) is 2.52. The normalized spacial score (nSPS) is 18.4. The van der Waals surface area contributed by atoms with E-state index in [0.29, 0.717) is 31.0 Å². The van der Waals surface area contributed by atoms with Gasteiger partial charge in [-0.3, -0.25) is 14.5 Å². The van der Waals surface area contributed by atoms with E-state index in [2.05, 4.69) is 5.32 Å². The van der Waals surface area contributed by atoms with Crippen LogP contribution in [0.3, 0.4) is 0 Å². The summed E-state index contributed by atoms with van der Waals surface area (Å²) in [6.45, 7) is 3.11. The van der Waals surface area contributed by atoms with Crippen LogP contribution in [-0.2, 0) is 9.59 Å². The third-order valence-electron chi connectivity index (χ3n) is 3.46. The molecule has 1 fully saturated rings. The second kappa shape index (κ2) is 7.08. The number of para-hydroxylation sites is 2. The molecule has 2 rings (SSSR count). The van der Waals surface area contributed by atoms with Gasteiger partial charge in [-0.25, -0.2) is 0 Å². The highest BCUT2D eigenvalue weighted by atomic mass is 16.5. The summed E-state index contributed by atoms with van der Waals surface area (Å²) in [5.74, 6) is -0.477. The summed E-state index contributed by atoms with van der Waals surface area (Å²) in [6, 6.07) is 6.64. The molecule has 0 aromatic heterocycles. The van der Waals surface area contributed by atoms with E-state index in [1.807, 2.05) is 19.1 Å². The summed E-state index contributed by atoms with van der Waals surface area (Å²) in [4.78, 5) is 24.9. The van der Waals surface area contributed by atoms with Crippen LogP contribution in [0, 0.1) is 0 Å². The lowest BCUT2D eigenvalue weighted by molar-refractivity contribution is -0.142. The highest BCUT2D eigenvalue weighted by Crippen LogP contribution is 2.24. The number of benzene rings is 1. The molecule has 1 amide bonds. The van der Waals surface area contributed by atoms with Crippen molar-refractivity contribution < 1.29 is 19.4 Å². The van der Waals surface area contributed by atoms with Crippen LogP contribution in [0.15, 0.2) is 24.3 Å². The van der Waals surface area contributed by atoms with Crippen LogP contribution >= 0.6 is 0 Å². The lowest BCUT2D eigenvalue weighted by Gasteiger charge is -2.20. The minimum absolute atomic E-state index is 0.0808. The highest BCUT2D eigenvalue weighted by molar-refractivity contribution is 5.94. The second-order valence-corrected chi connectivity index (χ2v) is 4.94. The van der Waals surface area contributed by atoms with Crippen molar-refractivity contribution in [1.82, 2.24) is 4.90 Å². The van der Waals surface area contributed by atoms with Gasteiger partial charge in [0.2, 0.25) is 5.91 Å². The lowest BCUT2D eigenvalue weighted by atomic mass is 10.2. The molecule has 0 radical (unpaired) electrons. The van der Waals surface area contributed by atoms with Crippen LogP contribution in [0.1, 0.15) is 19.8 Å². The van der Waals surface area contributed by atoms with Gasteiger partial charge in [0.05, 0.1) is 18.8 Å². The van der Waals surface area contributed by atoms with Crippen molar-refractivity contribution in [3.63, 3.8) is 0 Å². The molecule has 0 spiro atoms. The van der Waals surface area contributed by atoms with Gasteiger partial charge in [0.1, 0.15) is 11.8 Å². The molecule has 0 aliphatic carbocycles. The molecule has 21 heavy (non-hydrogen) atoms. The molecule has 2 N–H and O–H groups in total. The summed E-state index contributed by atoms with van der Waals surface area (Å²) < 4.78 is 5.44. The van der Waals surface area contributed by atoms with Gasteiger partial charge in [-0.05, 0) is 38.4 Å². The number of rotatable bonds is 6. The van der Waals surface area contributed by atoms with Crippen LogP contribution in [0.5, 0.6) is 5.75 Å². The second-order valence-electron chi connectivity index (χ2n) is 4.94. The van der Waals surface area contributed by atoms with Crippen molar-refractivity contribution in [2.75, 3.05) is 25.0 Å². The Morgan fingerprint density at radius 2 is 2.19 bits per heavy atom. The average Bonchev–Trinajstić information content (AvgIpc) is 2.89. The zero-order valence-electron chi connectivity index (χ0n) is 12.0. The van der Waals surface area contributed by atoms with Gasteiger partial charge in [-0.2, -0.15) is 0 Å². The molecule has 0 saturated carbocycles. The summed E-state index contributed by atoms with van der Waals surface area (Å²) >= 11 is 0. The molecule has 0 bridgehead atoms. The summed E-state index contributed by atoms with van der Waals surface area (Å²) in [6.07, 6.45) is 1.40. The number of likely N-dealkylation sites (tertiary alicyclic amines) is 1. The van der Waals surface area contributed by atoms with Crippen LogP contribution in [0.2, 0.25) is 0 Å². The number of carboxylic acid groups (broad SMARTS) is 1. The Kier molecular flexibility index (Phi) is 5.16. The van der Waals surface area contributed by atoms with E-state index >= 15 is 0 Å². The maximum Gasteiger partial charge on any atom is 0.320 e. The van der Waals surface area contributed by atoms with E-state index in [4.69, 9.17) is 9.84 Å². The summed E-state index contributed by atoms with van der Waals surface area (Å²) in [5.41, 5.74) is 0.607. The van der Waals surface area contributed by atoms with Crippen molar-refractivity contribution in [3.8, 4) is 5.75 Å². The topological polar surface area (TPSA) is 78.9 Å². The Morgan fingerprint density at radius 1 is 1.43 bits per heavy atom. The molecule has 1 saturated heterocycles. The zero-order valence-corrected chi connectivity index (χ0v) is 12.0. The smallest absolute Gasteiger partial charge is 0.320 e. The van der Waals surface area contributed by atoms with Gasteiger partial charge >= 0.3 is 5.97 Å². The lowest BCUT2D eigenvalue weighted by Crippen LogP contribution is -2.40. The van der Waals surface area contributed by atoms with Crippen LogP contribution in [-0.4, -0.2) is 47.6 Å². The van der Waals surface area contributed by atoms with Gasteiger partial charge in [0.25, 0.3) is 0 Å². The maximum atomic E-state index is 12.1. The third kappa shape index (κ3) is 3.95. The van der Waals surface area contributed by atoms with Gasteiger partial charge in [-0.15, -0.1) is 0 Å². The van der Waals surface area contributed by atoms with Crippen molar-refractivity contribution in [3.05, 3.63) is 24.3 Å². The van der Waals surface area contributed by atoms with E-state index in [1.165, 1.54) is 0 Å². The van der Waals surface area contributed by atoms with E-state index in [0.717, 1.165) is 6.42 Å². The van der Waals surface area contributed by atoms with Crippen molar-refractivity contribution in [1.29, 1.82) is 0 Å². The quantitative estimate of drug-likeness (QED) is 0.832. The largest absolute Gasteiger partial charge is 0.492 e. The number of ether oxygens (including phenoxy) is 1. The molecule has 1 atom stereocenters. The fourth-order valence-corrected chi connectivity index (χ4v) is 2.52. The van der Waals surface area contributed by atoms with Gasteiger partial charge in [-0.1, -0.05) is 12.1 Å². The SMILES string of the molecule is CCOc1ccccc1NC(=O)CN1CCC[C@H]1C(=O)O.